The normalized spacial score (nSPS) is 10.4. The second-order valence-corrected chi connectivity index (χ2v) is 6.57. The lowest BCUT2D eigenvalue weighted by Gasteiger charge is -2.07. The molecule has 0 radical (unpaired) electrons. The van der Waals surface area contributed by atoms with E-state index < -0.39 is 0 Å². The van der Waals surface area contributed by atoms with Crippen molar-refractivity contribution in [3.8, 4) is 0 Å². The van der Waals surface area contributed by atoms with Gasteiger partial charge in [0.2, 0.25) is 5.91 Å². The number of amides is 1. The number of benzene rings is 2. The SMILES string of the molecule is O=C(Cc1ccc(F)cc1)Nc1ccc(SCc2cccnc2)cc1. The molecule has 2 aromatic carbocycles. The second kappa shape index (κ2) is 8.44. The van der Waals surface area contributed by atoms with E-state index in [2.05, 4.69) is 10.3 Å². The van der Waals surface area contributed by atoms with Crippen LogP contribution < -0.4 is 5.32 Å². The van der Waals surface area contributed by atoms with Crippen LogP contribution in [0.1, 0.15) is 11.1 Å². The number of thioether (sulfide) groups is 1. The van der Waals surface area contributed by atoms with Crippen molar-refractivity contribution in [1.82, 2.24) is 4.98 Å². The van der Waals surface area contributed by atoms with Crippen LogP contribution in [0.25, 0.3) is 0 Å². The molecule has 5 heteroatoms. The van der Waals surface area contributed by atoms with Crippen molar-refractivity contribution in [2.75, 3.05) is 5.32 Å². The fraction of sp³-hybridized carbons (Fsp3) is 0.100. The van der Waals surface area contributed by atoms with Crippen molar-refractivity contribution in [2.45, 2.75) is 17.1 Å². The summed E-state index contributed by atoms with van der Waals surface area (Å²) in [6.45, 7) is 0. The average Bonchev–Trinajstić information content (AvgIpc) is 2.64. The molecule has 0 unspecified atom stereocenters. The van der Waals surface area contributed by atoms with Gasteiger partial charge in [-0.25, -0.2) is 4.39 Å². The highest BCUT2D eigenvalue weighted by atomic mass is 32.2. The third kappa shape index (κ3) is 5.43. The first-order chi connectivity index (χ1) is 12.2. The Labute approximate surface area is 150 Å². The molecule has 1 N–H and O–H groups in total. The van der Waals surface area contributed by atoms with Gasteiger partial charge in [-0.1, -0.05) is 18.2 Å². The van der Waals surface area contributed by atoms with Gasteiger partial charge < -0.3 is 5.32 Å². The van der Waals surface area contributed by atoms with E-state index in [-0.39, 0.29) is 18.1 Å². The Bertz CT molecular complexity index is 821. The monoisotopic (exact) mass is 352 g/mol. The number of nitrogens with one attached hydrogen (secondary N) is 1. The van der Waals surface area contributed by atoms with Gasteiger partial charge in [0, 0.05) is 28.7 Å². The van der Waals surface area contributed by atoms with Crippen molar-refractivity contribution < 1.29 is 9.18 Å². The van der Waals surface area contributed by atoms with E-state index in [1.807, 2.05) is 42.6 Å². The predicted octanol–water partition coefficient (Wildman–Crippen LogP) is 4.69. The quantitative estimate of drug-likeness (QED) is 0.654. The summed E-state index contributed by atoms with van der Waals surface area (Å²) in [4.78, 5) is 17.3. The molecule has 3 aromatic rings. The van der Waals surface area contributed by atoms with Crippen LogP contribution in [0.3, 0.4) is 0 Å². The molecule has 0 aliphatic carbocycles. The average molecular weight is 352 g/mol. The van der Waals surface area contributed by atoms with E-state index in [9.17, 15) is 9.18 Å². The maximum atomic E-state index is 12.9. The topological polar surface area (TPSA) is 42.0 Å². The molecule has 3 rings (SSSR count). The van der Waals surface area contributed by atoms with Crippen LogP contribution in [0.2, 0.25) is 0 Å². The summed E-state index contributed by atoms with van der Waals surface area (Å²) in [5.41, 5.74) is 2.70. The fourth-order valence-corrected chi connectivity index (χ4v) is 3.11. The highest BCUT2D eigenvalue weighted by Crippen LogP contribution is 2.24. The lowest BCUT2D eigenvalue weighted by molar-refractivity contribution is -0.115. The second-order valence-electron chi connectivity index (χ2n) is 5.53. The van der Waals surface area contributed by atoms with Crippen LogP contribution in [0.4, 0.5) is 10.1 Å². The largest absolute Gasteiger partial charge is 0.326 e. The number of anilines is 1. The summed E-state index contributed by atoms with van der Waals surface area (Å²) in [6.07, 6.45) is 3.84. The minimum atomic E-state index is -0.302. The predicted molar refractivity (Wildman–Crippen MR) is 99.0 cm³/mol. The molecule has 126 valence electrons. The number of pyridine rings is 1. The van der Waals surface area contributed by atoms with Gasteiger partial charge >= 0.3 is 0 Å². The molecule has 0 fully saturated rings. The van der Waals surface area contributed by atoms with E-state index in [1.165, 1.54) is 17.7 Å². The molecule has 0 spiro atoms. The molecule has 25 heavy (non-hydrogen) atoms. The van der Waals surface area contributed by atoms with Gasteiger partial charge in [0.15, 0.2) is 0 Å². The molecule has 0 aliphatic rings. The van der Waals surface area contributed by atoms with Gasteiger partial charge in [0.05, 0.1) is 6.42 Å². The van der Waals surface area contributed by atoms with Crippen LogP contribution in [0.15, 0.2) is 78.0 Å². The van der Waals surface area contributed by atoms with E-state index in [1.54, 1.807) is 30.1 Å². The fourth-order valence-electron chi connectivity index (χ4n) is 2.28. The zero-order valence-electron chi connectivity index (χ0n) is 13.5. The van der Waals surface area contributed by atoms with Crippen molar-refractivity contribution >= 4 is 23.4 Å². The van der Waals surface area contributed by atoms with Gasteiger partial charge in [-0.2, -0.15) is 0 Å². The number of aromatic nitrogens is 1. The van der Waals surface area contributed by atoms with Crippen LogP contribution in [-0.4, -0.2) is 10.9 Å². The summed E-state index contributed by atoms with van der Waals surface area (Å²) < 4.78 is 12.9. The summed E-state index contributed by atoms with van der Waals surface area (Å²) in [7, 11) is 0. The maximum Gasteiger partial charge on any atom is 0.228 e. The number of hydrogen-bond donors (Lipinski definition) is 1. The van der Waals surface area contributed by atoms with E-state index >= 15 is 0 Å². The summed E-state index contributed by atoms with van der Waals surface area (Å²) in [6, 6.07) is 17.7. The molecule has 1 aromatic heterocycles. The first-order valence-corrected chi connectivity index (χ1v) is 8.84. The third-order valence-electron chi connectivity index (χ3n) is 3.54. The minimum Gasteiger partial charge on any atom is -0.326 e. The first-order valence-electron chi connectivity index (χ1n) is 7.85. The standard InChI is InChI=1S/C20H17FN2OS/c21-17-5-3-15(4-6-17)12-20(24)23-18-7-9-19(10-8-18)25-14-16-2-1-11-22-13-16/h1-11,13H,12,14H2,(H,23,24). The van der Waals surface area contributed by atoms with Crippen molar-refractivity contribution in [3.05, 3.63) is 90.0 Å². The highest BCUT2D eigenvalue weighted by Gasteiger charge is 2.05. The summed E-state index contributed by atoms with van der Waals surface area (Å²) in [5.74, 6) is 0.426. The van der Waals surface area contributed by atoms with Gasteiger partial charge in [-0.05, 0) is 53.6 Å². The van der Waals surface area contributed by atoms with E-state index in [4.69, 9.17) is 0 Å². The highest BCUT2D eigenvalue weighted by molar-refractivity contribution is 7.98. The molecule has 0 saturated heterocycles. The van der Waals surface area contributed by atoms with Crippen molar-refractivity contribution in [3.63, 3.8) is 0 Å². The van der Waals surface area contributed by atoms with Crippen molar-refractivity contribution in [2.24, 2.45) is 0 Å². The van der Waals surface area contributed by atoms with Crippen LogP contribution in [-0.2, 0) is 17.0 Å². The molecule has 3 nitrogen and oxygen atoms in total. The molecule has 1 heterocycles. The Morgan fingerprint density at radius 2 is 1.76 bits per heavy atom. The number of carbonyl (C=O) groups excluding carboxylic acids is 1. The Kier molecular flexibility index (Phi) is 5.80. The molecule has 0 saturated carbocycles. The van der Waals surface area contributed by atoms with Gasteiger partial charge in [-0.15, -0.1) is 11.8 Å². The van der Waals surface area contributed by atoms with E-state index in [0.717, 1.165) is 21.9 Å². The first kappa shape index (κ1) is 17.2. The van der Waals surface area contributed by atoms with Gasteiger partial charge in [0.1, 0.15) is 5.82 Å². The van der Waals surface area contributed by atoms with Gasteiger partial charge in [-0.3, -0.25) is 9.78 Å². The van der Waals surface area contributed by atoms with Crippen LogP contribution >= 0.6 is 11.8 Å². The Morgan fingerprint density at radius 3 is 2.44 bits per heavy atom. The van der Waals surface area contributed by atoms with Gasteiger partial charge in [0.25, 0.3) is 0 Å². The Hall–Kier alpha value is -2.66. The third-order valence-corrected chi connectivity index (χ3v) is 4.63. The molecule has 0 bridgehead atoms. The molecule has 1 amide bonds. The smallest absolute Gasteiger partial charge is 0.228 e. The number of rotatable bonds is 6. The zero-order chi connectivity index (χ0) is 17.5. The molecular formula is C20H17FN2OS. The molecule has 0 aliphatic heterocycles. The van der Waals surface area contributed by atoms with Crippen molar-refractivity contribution in [1.29, 1.82) is 0 Å². The lowest BCUT2D eigenvalue weighted by atomic mass is 10.1. The Balaban J connectivity index is 1.51. The molecule has 0 atom stereocenters. The Morgan fingerprint density at radius 1 is 1.00 bits per heavy atom. The number of halogens is 1. The van der Waals surface area contributed by atoms with E-state index in [0.29, 0.717) is 0 Å². The maximum absolute atomic E-state index is 12.9. The number of hydrogen-bond acceptors (Lipinski definition) is 3. The summed E-state index contributed by atoms with van der Waals surface area (Å²) in [5, 5.41) is 2.85. The number of carbonyl (C=O) groups is 1. The number of nitrogens with zero attached hydrogens (tertiary/aromatic N) is 1. The lowest BCUT2D eigenvalue weighted by Crippen LogP contribution is -2.14. The molecular weight excluding hydrogens is 335 g/mol. The van der Waals surface area contributed by atoms with Crippen LogP contribution in [0.5, 0.6) is 0 Å². The minimum absolute atomic E-state index is 0.123. The summed E-state index contributed by atoms with van der Waals surface area (Å²) >= 11 is 1.72. The zero-order valence-corrected chi connectivity index (χ0v) is 14.3. The van der Waals surface area contributed by atoms with Crippen LogP contribution in [0, 0.1) is 5.82 Å².